The molecule has 2 nitrogen and oxygen atoms in total. The molecule has 2 rings (SSSR count). The zero-order chi connectivity index (χ0) is 10.7. The third-order valence-electron chi connectivity index (χ3n) is 2.50. The summed E-state index contributed by atoms with van der Waals surface area (Å²) in [6, 6.07) is 5.94. The molecule has 0 saturated heterocycles. The van der Waals surface area contributed by atoms with Gasteiger partial charge in [0.2, 0.25) is 0 Å². The summed E-state index contributed by atoms with van der Waals surface area (Å²) in [4.78, 5) is 0. The van der Waals surface area contributed by atoms with Gasteiger partial charge in [-0.1, -0.05) is 12.1 Å². The molecule has 0 radical (unpaired) electrons. The number of ether oxygens (including phenoxy) is 1. The quantitative estimate of drug-likeness (QED) is 0.808. The smallest absolute Gasteiger partial charge is 0.123 e. The van der Waals surface area contributed by atoms with Crippen LogP contribution >= 0.6 is 0 Å². The Morgan fingerprint density at radius 3 is 2.60 bits per heavy atom. The maximum atomic E-state index is 12.7. The lowest BCUT2D eigenvalue weighted by Crippen LogP contribution is -2.17. The molecule has 0 amide bonds. The van der Waals surface area contributed by atoms with Gasteiger partial charge in [-0.15, -0.1) is 0 Å². The van der Waals surface area contributed by atoms with E-state index in [0.717, 1.165) is 30.8 Å². The summed E-state index contributed by atoms with van der Waals surface area (Å²) in [7, 11) is 0. The minimum atomic E-state index is -0.272. The number of hydrogen-bond donors (Lipinski definition) is 1. The Labute approximate surface area is 88.5 Å². The van der Waals surface area contributed by atoms with Crippen molar-refractivity contribution >= 4 is 0 Å². The van der Waals surface area contributed by atoms with Crippen LogP contribution in [0.5, 0.6) is 0 Å². The van der Waals surface area contributed by atoms with Gasteiger partial charge in [-0.2, -0.15) is 0 Å². The predicted molar refractivity (Wildman–Crippen MR) is 56.6 cm³/mol. The lowest BCUT2D eigenvalue weighted by molar-refractivity contribution is 0.176. The summed E-state index contributed by atoms with van der Waals surface area (Å²) in [6.07, 6.45) is 4.06. The zero-order valence-corrected chi connectivity index (χ0v) is 8.45. The highest BCUT2D eigenvalue weighted by Crippen LogP contribution is 2.23. The first-order valence-electron chi connectivity index (χ1n) is 5.11. The molecule has 0 spiro atoms. The standard InChI is InChI=1S/C12H14FNO/c13-10-6-4-9(5-7-10)12(14)11-3-1-2-8-15-11/h3-7,12H,1-2,8,14H2. The number of hydrogen-bond acceptors (Lipinski definition) is 2. The Balaban J connectivity index is 2.16. The molecule has 1 aliphatic rings. The van der Waals surface area contributed by atoms with Gasteiger partial charge < -0.3 is 10.5 Å². The van der Waals surface area contributed by atoms with Crippen molar-refractivity contribution in [1.82, 2.24) is 0 Å². The van der Waals surface area contributed by atoms with Crippen molar-refractivity contribution in [2.75, 3.05) is 6.61 Å². The van der Waals surface area contributed by atoms with Crippen molar-refractivity contribution in [2.45, 2.75) is 18.9 Å². The molecule has 0 saturated carbocycles. The highest BCUT2D eigenvalue weighted by atomic mass is 19.1. The fourth-order valence-electron chi connectivity index (χ4n) is 1.63. The van der Waals surface area contributed by atoms with Gasteiger partial charge in [0.15, 0.2) is 0 Å². The minimum Gasteiger partial charge on any atom is -0.496 e. The van der Waals surface area contributed by atoms with E-state index in [2.05, 4.69) is 0 Å². The molecular weight excluding hydrogens is 193 g/mol. The van der Waals surface area contributed by atoms with Crippen LogP contribution in [0.15, 0.2) is 36.1 Å². The van der Waals surface area contributed by atoms with E-state index in [9.17, 15) is 4.39 Å². The Hall–Kier alpha value is -1.35. The van der Waals surface area contributed by atoms with Gasteiger partial charge in [0, 0.05) is 0 Å². The van der Waals surface area contributed by atoms with Crippen LogP contribution in [0.25, 0.3) is 0 Å². The highest BCUT2D eigenvalue weighted by molar-refractivity contribution is 5.26. The van der Waals surface area contributed by atoms with Gasteiger partial charge in [0.05, 0.1) is 12.6 Å². The summed E-state index contributed by atoms with van der Waals surface area (Å²) in [5.74, 6) is 0.553. The molecule has 0 aromatic heterocycles. The highest BCUT2D eigenvalue weighted by Gasteiger charge is 2.15. The second-order valence-electron chi connectivity index (χ2n) is 3.63. The van der Waals surface area contributed by atoms with E-state index in [1.54, 1.807) is 12.1 Å². The number of halogens is 1. The predicted octanol–water partition coefficient (Wildman–Crippen LogP) is 2.52. The van der Waals surface area contributed by atoms with Crippen LogP contribution in [0.3, 0.4) is 0 Å². The third-order valence-corrected chi connectivity index (χ3v) is 2.50. The van der Waals surface area contributed by atoms with Crippen molar-refractivity contribution in [3.8, 4) is 0 Å². The zero-order valence-electron chi connectivity index (χ0n) is 8.45. The first-order chi connectivity index (χ1) is 7.27. The van der Waals surface area contributed by atoms with E-state index >= 15 is 0 Å². The van der Waals surface area contributed by atoms with Gasteiger partial charge >= 0.3 is 0 Å². The Morgan fingerprint density at radius 2 is 2.00 bits per heavy atom. The average molecular weight is 207 g/mol. The molecular formula is C12H14FNO. The van der Waals surface area contributed by atoms with E-state index in [-0.39, 0.29) is 11.9 Å². The first kappa shape index (κ1) is 10.2. The molecule has 80 valence electrons. The van der Waals surface area contributed by atoms with Crippen LogP contribution in [0.2, 0.25) is 0 Å². The minimum absolute atomic E-state index is 0.246. The topological polar surface area (TPSA) is 35.2 Å². The molecule has 2 N–H and O–H groups in total. The largest absolute Gasteiger partial charge is 0.496 e. The average Bonchev–Trinajstić information content (AvgIpc) is 2.30. The Kier molecular flexibility index (Phi) is 3.02. The van der Waals surface area contributed by atoms with Crippen molar-refractivity contribution in [3.63, 3.8) is 0 Å². The lowest BCUT2D eigenvalue weighted by Gasteiger charge is -2.20. The summed E-state index contributed by atoms with van der Waals surface area (Å²) in [6.45, 7) is 0.723. The number of rotatable bonds is 2. The summed E-state index contributed by atoms with van der Waals surface area (Å²) in [5.41, 5.74) is 6.88. The Bertz CT molecular complexity index is 358. The van der Waals surface area contributed by atoms with Crippen molar-refractivity contribution in [3.05, 3.63) is 47.5 Å². The maximum Gasteiger partial charge on any atom is 0.123 e. The number of allylic oxidation sites excluding steroid dienone is 1. The van der Waals surface area contributed by atoms with Gasteiger partial charge in [0.25, 0.3) is 0 Å². The fourth-order valence-corrected chi connectivity index (χ4v) is 1.63. The van der Waals surface area contributed by atoms with Crippen LogP contribution < -0.4 is 5.73 Å². The summed E-state index contributed by atoms with van der Waals surface area (Å²) >= 11 is 0. The lowest BCUT2D eigenvalue weighted by atomic mass is 10.0. The molecule has 1 aromatic carbocycles. The van der Waals surface area contributed by atoms with Crippen molar-refractivity contribution in [1.29, 1.82) is 0 Å². The first-order valence-corrected chi connectivity index (χ1v) is 5.11. The molecule has 0 aliphatic carbocycles. The molecule has 0 fully saturated rings. The monoisotopic (exact) mass is 207 g/mol. The van der Waals surface area contributed by atoms with Crippen molar-refractivity contribution < 1.29 is 9.13 Å². The number of benzene rings is 1. The van der Waals surface area contributed by atoms with Gasteiger partial charge in [0.1, 0.15) is 11.6 Å². The third kappa shape index (κ3) is 2.36. The SMILES string of the molecule is NC(C1=CCCCO1)c1ccc(F)cc1. The number of nitrogens with two attached hydrogens (primary N) is 1. The molecule has 1 aliphatic heterocycles. The van der Waals surface area contributed by atoms with E-state index in [1.165, 1.54) is 12.1 Å². The van der Waals surface area contributed by atoms with Gasteiger partial charge in [-0.05, 0) is 36.6 Å². The fraction of sp³-hybridized carbons (Fsp3) is 0.333. The van der Waals surface area contributed by atoms with Crippen LogP contribution in [-0.4, -0.2) is 6.61 Å². The Morgan fingerprint density at radius 1 is 1.27 bits per heavy atom. The van der Waals surface area contributed by atoms with Gasteiger partial charge in [-0.3, -0.25) is 0 Å². The molecule has 3 heteroatoms. The van der Waals surface area contributed by atoms with Crippen LogP contribution in [0.4, 0.5) is 4.39 Å². The molecule has 1 aromatic rings. The van der Waals surface area contributed by atoms with E-state index in [0.29, 0.717) is 0 Å². The van der Waals surface area contributed by atoms with Crippen LogP contribution in [0.1, 0.15) is 24.4 Å². The second kappa shape index (κ2) is 4.45. The van der Waals surface area contributed by atoms with Crippen LogP contribution in [0, 0.1) is 5.82 Å². The molecule has 0 bridgehead atoms. The summed E-state index contributed by atoms with van der Waals surface area (Å²) in [5, 5.41) is 0. The summed E-state index contributed by atoms with van der Waals surface area (Å²) < 4.78 is 18.2. The van der Waals surface area contributed by atoms with E-state index in [1.807, 2.05) is 6.08 Å². The van der Waals surface area contributed by atoms with Crippen molar-refractivity contribution in [2.24, 2.45) is 5.73 Å². The molecule has 1 atom stereocenters. The van der Waals surface area contributed by atoms with Gasteiger partial charge in [-0.25, -0.2) is 4.39 Å². The molecule has 1 heterocycles. The van der Waals surface area contributed by atoms with Crippen LogP contribution in [-0.2, 0) is 4.74 Å². The van der Waals surface area contributed by atoms with E-state index in [4.69, 9.17) is 10.5 Å². The van der Waals surface area contributed by atoms with E-state index < -0.39 is 0 Å². The second-order valence-corrected chi connectivity index (χ2v) is 3.63. The molecule has 1 unspecified atom stereocenters. The normalized spacial score (nSPS) is 17.9. The maximum absolute atomic E-state index is 12.7. The molecule has 15 heavy (non-hydrogen) atoms.